The van der Waals surface area contributed by atoms with E-state index in [0.29, 0.717) is 6.42 Å². The molecule has 1 aromatic carbocycles. The van der Waals surface area contributed by atoms with Crippen LogP contribution in [0.4, 0.5) is 22.0 Å². The summed E-state index contributed by atoms with van der Waals surface area (Å²) < 4.78 is 71.8. The van der Waals surface area contributed by atoms with Crippen LogP contribution in [0.2, 0.25) is 13.1 Å². The van der Waals surface area contributed by atoms with E-state index in [4.69, 9.17) is 4.43 Å². The fourth-order valence-corrected chi connectivity index (χ4v) is 3.75. The first kappa shape index (κ1) is 16.1. The van der Waals surface area contributed by atoms with Crippen LogP contribution in [-0.2, 0) is 4.43 Å². The van der Waals surface area contributed by atoms with Crippen LogP contribution in [0.25, 0.3) is 0 Å². The van der Waals surface area contributed by atoms with Gasteiger partial charge in [0.2, 0.25) is 14.1 Å². The maximum Gasteiger partial charge on any atom is 0.224 e. The van der Waals surface area contributed by atoms with Crippen LogP contribution in [0.5, 0.6) is 0 Å². The molecule has 19 heavy (non-hydrogen) atoms. The SMILES string of the molecule is CCCCO[Si](C)(C)c1c(F)c(F)c(F)c(F)c1F. The zero-order valence-corrected chi connectivity index (χ0v) is 11.9. The second-order valence-electron chi connectivity index (χ2n) is 4.66. The smallest absolute Gasteiger partial charge is 0.224 e. The van der Waals surface area contributed by atoms with Crippen molar-refractivity contribution in [2.24, 2.45) is 0 Å². The third-order valence-electron chi connectivity index (χ3n) is 2.77. The lowest BCUT2D eigenvalue weighted by Crippen LogP contribution is -2.50. The van der Waals surface area contributed by atoms with Crippen molar-refractivity contribution < 1.29 is 26.4 Å². The molecule has 0 N–H and O–H groups in total. The number of hydrogen-bond donors (Lipinski definition) is 0. The molecule has 0 atom stereocenters. The Morgan fingerprint density at radius 1 is 0.842 bits per heavy atom. The molecule has 0 radical (unpaired) electrons. The molecule has 0 aliphatic rings. The van der Waals surface area contributed by atoms with Gasteiger partial charge in [-0.3, -0.25) is 0 Å². The summed E-state index contributed by atoms with van der Waals surface area (Å²) in [5, 5.41) is -0.806. The van der Waals surface area contributed by atoms with Crippen LogP contribution in [0.3, 0.4) is 0 Å². The van der Waals surface area contributed by atoms with Crippen LogP contribution < -0.4 is 5.19 Å². The summed E-state index contributed by atoms with van der Waals surface area (Å²) in [4.78, 5) is 0. The third kappa shape index (κ3) is 3.14. The molecule has 0 fully saturated rings. The number of rotatable bonds is 5. The van der Waals surface area contributed by atoms with Gasteiger partial charge in [0.25, 0.3) is 0 Å². The molecule has 0 aliphatic carbocycles. The number of hydrogen-bond acceptors (Lipinski definition) is 1. The second kappa shape index (κ2) is 6.00. The highest BCUT2D eigenvalue weighted by Gasteiger charge is 2.37. The molecule has 7 heteroatoms. The Hall–Kier alpha value is -0.953. The van der Waals surface area contributed by atoms with Gasteiger partial charge < -0.3 is 4.43 Å². The van der Waals surface area contributed by atoms with Gasteiger partial charge in [-0.1, -0.05) is 13.3 Å². The van der Waals surface area contributed by atoms with Crippen molar-refractivity contribution in [1.82, 2.24) is 0 Å². The van der Waals surface area contributed by atoms with Gasteiger partial charge in [0.15, 0.2) is 23.3 Å². The summed E-state index contributed by atoms with van der Waals surface area (Å²) in [5.74, 6) is -9.56. The topological polar surface area (TPSA) is 9.23 Å². The van der Waals surface area contributed by atoms with Crippen LogP contribution in [0.1, 0.15) is 19.8 Å². The van der Waals surface area contributed by atoms with Crippen LogP contribution in [-0.4, -0.2) is 14.9 Å². The highest BCUT2D eigenvalue weighted by Crippen LogP contribution is 2.20. The van der Waals surface area contributed by atoms with Gasteiger partial charge in [0.1, 0.15) is 0 Å². The Balaban J connectivity index is 3.26. The van der Waals surface area contributed by atoms with E-state index in [2.05, 4.69) is 0 Å². The van der Waals surface area contributed by atoms with Crippen LogP contribution in [0, 0.1) is 29.1 Å². The van der Waals surface area contributed by atoms with Gasteiger partial charge in [-0.25, -0.2) is 22.0 Å². The molecular weight excluding hydrogens is 283 g/mol. The lowest BCUT2D eigenvalue weighted by molar-refractivity contribution is 0.303. The van der Waals surface area contributed by atoms with Gasteiger partial charge in [-0.2, -0.15) is 0 Å². The minimum atomic E-state index is -3.19. The summed E-state index contributed by atoms with van der Waals surface area (Å²) in [6, 6.07) is 0. The van der Waals surface area contributed by atoms with Crippen molar-refractivity contribution in [2.75, 3.05) is 6.61 Å². The molecule has 108 valence electrons. The summed E-state index contributed by atoms with van der Waals surface area (Å²) in [6.07, 6.45) is 1.47. The maximum atomic E-state index is 13.6. The minimum Gasteiger partial charge on any atom is -0.413 e. The number of unbranched alkanes of at least 4 members (excludes halogenated alkanes) is 1. The molecule has 1 nitrogen and oxygen atoms in total. The van der Waals surface area contributed by atoms with E-state index < -0.39 is 42.6 Å². The first-order chi connectivity index (χ1) is 8.74. The Bertz CT molecular complexity index is 447. The van der Waals surface area contributed by atoms with E-state index in [0.717, 1.165) is 6.42 Å². The average molecular weight is 298 g/mol. The van der Waals surface area contributed by atoms with Crippen molar-refractivity contribution in [2.45, 2.75) is 32.9 Å². The summed E-state index contributed by atoms with van der Waals surface area (Å²) >= 11 is 0. The predicted octanol–water partition coefficient (Wildman–Crippen LogP) is 3.61. The predicted molar refractivity (Wildman–Crippen MR) is 64.2 cm³/mol. The zero-order valence-electron chi connectivity index (χ0n) is 10.9. The molecule has 0 heterocycles. The van der Waals surface area contributed by atoms with Crippen molar-refractivity contribution in [1.29, 1.82) is 0 Å². The molecule has 1 rings (SSSR count). The Kier molecular flexibility index (Phi) is 5.09. The van der Waals surface area contributed by atoms with E-state index in [1.165, 1.54) is 13.1 Å². The van der Waals surface area contributed by atoms with E-state index >= 15 is 0 Å². The van der Waals surface area contributed by atoms with Gasteiger partial charge in [0, 0.05) is 11.8 Å². The quantitative estimate of drug-likeness (QED) is 0.265. The van der Waals surface area contributed by atoms with E-state index in [1.807, 2.05) is 6.92 Å². The van der Waals surface area contributed by atoms with Gasteiger partial charge in [-0.05, 0) is 19.5 Å². The normalized spacial score (nSPS) is 12.0. The van der Waals surface area contributed by atoms with Crippen molar-refractivity contribution in [3.63, 3.8) is 0 Å². The van der Waals surface area contributed by atoms with Crippen LogP contribution >= 0.6 is 0 Å². The first-order valence-electron chi connectivity index (χ1n) is 5.89. The van der Waals surface area contributed by atoms with Crippen molar-refractivity contribution >= 4 is 13.5 Å². The molecule has 0 bridgehead atoms. The van der Waals surface area contributed by atoms with Crippen LogP contribution in [0.15, 0.2) is 0 Å². The lowest BCUT2D eigenvalue weighted by Gasteiger charge is -2.24. The van der Waals surface area contributed by atoms with E-state index in [1.54, 1.807) is 0 Å². The highest BCUT2D eigenvalue weighted by molar-refractivity contribution is 6.84. The first-order valence-corrected chi connectivity index (χ1v) is 8.80. The largest absolute Gasteiger partial charge is 0.413 e. The molecule has 0 unspecified atom stereocenters. The maximum absolute atomic E-state index is 13.6. The summed E-state index contributed by atoms with van der Waals surface area (Å²) in [6.45, 7) is 4.94. The third-order valence-corrected chi connectivity index (χ3v) is 5.34. The molecule has 0 aliphatic heterocycles. The van der Waals surface area contributed by atoms with E-state index in [-0.39, 0.29) is 6.61 Å². The van der Waals surface area contributed by atoms with Gasteiger partial charge in [0.05, 0.1) is 0 Å². The van der Waals surface area contributed by atoms with Gasteiger partial charge >= 0.3 is 0 Å². The standard InChI is InChI=1S/C12H15F5OSi/c1-4-5-6-18-19(2,3)12-10(16)8(14)7(13)9(15)11(12)17/h4-6H2,1-3H3. The van der Waals surface area contributed by atoms with Crippen molar-refractivity contribution in [3.05, 3.63) is 29.1 Å². The molecule has 0 aromatic heterocycles. The summed E-state index contributed by atoms with van der Waals surface area (Å²) in [7, 11) is -3.19. The van der Waals surface area contributed by atoms with E-state index in [9.17, 15) is 22.0 Å². The Labute approximate surface area is 109 Å². The Morgan fingerprint density at radius 2 is 1.26 bits per heavy atom. The molecular formula is C12H15F5OSi. The number of benzene rings is 1. The molecule has 1 aromatic rings. The monoisotopic (exact) mass is 298 g/mol. The number of halogens is 5. The molecule has 0 saturated heterocycles. The van der Waals surface area contributed by atoms with Crippen molar-refractivity contribution in [3.8, 4) is 0 Å². The lowest BCUT2D eigenvalue weighted by atomic mass is 10.3. The second-order valence-corrected chi connectivity index (χ2v) is 8.47. The highest BCUT2D eigenvalue weighted by atomic mass is 28.4. The van der Waals surface area contributed by atoms with Gasteiger partial charge in [-0.15, -0.1) is 0 Å². The molecule has 0 amide bonds. The minimum absolute atomic E-state index is 0.231. The summed E-state index contributed by atoms with van der Waals surface area (Å²) in [5.41, 5.74) is 0. The fraction of sp³-hybridized carbons (Fsp3) is 0.500. The molecule has 0 saturated carbocycles. The molecule has 0 spiro atoms. The Morgan fingerprint density at radius 3 is 1.68 bits per heavy atom. The average Bonchev–Trinajstić information content (AvgIpc) is 2.34. The fourth-order valence-electron chi connectivity index (χ4n) is 1.68. The zero-order chi connectivity index (χ0) is 14.8.